The molecular formula is C19H19N5O2S. The number of nitrogen functional groups attached to an aromatic ring is 1. The lowest BCUT2D eigenvalue weighted by atomic mass is 10.1. The van der Waals surface area contributed by atoms with Crippen molar-refractivity contribution in [2.45, 2.75) is 19.0 Å². The lowest BCUT2D eigenvalue weighted by molar-refractivity contribution is -0.113. The Morgan fingerprint density at radius 3 is 2.67 bits per heavy atom. The fourth-order valence-corrected chi connectivity index (χ4v) is 3.15. The third-order valence-corrected chi connectivity index (χ3v) is 4.75. The summed E-state index contributed by atoms with van der Waals surface area (Å²) in [6.45, 7) is 3.93. The summed E-state index contributed by atoms with van der Waals surface area (Å²) in [7, 11) is 0. The number of H-pyrrole nitrogens is 1. The van der Waals surface area contributed by atoms with Crippen molar-refractivity contribution in [3.63, 3.8) is 0 Å². The molecule has 0 aliphatic heterocycles. The SMILES string of the molecule is Cc1ccc(NC(=O)CSc2nnc(-c3ccccc3N)c(=O)[nH]2)c(C)c1. The number of amides is 1. The highest BCUT2D eigenvalue weighted by Gasteiger charge is 2.12. The number of carbonyl (C=O) groups is 1. The van der Waals surface area contributed by atoms with Crippen molar-refractivity contribution in [2.24, 2.45) is 0 Å². The summed E-state index contributed by atoms with van der Waals surface area (Å²) in [5.74, 6) is -0.0870. The molecule has 0 saturated heterocycles. The first-order valence-corrected chi connectivity index (χ1v) is 9.24. The topological polar surface area (TPSA) is 114 Å². The van der Waals surface area contributed by atoms with E-state index in [0.29, 0.717) is 11.3 Å². The Hall–Kier alpha value is -3.13. The fraction of sp³-hybridized carbons (Fsp3) is 0.158. The predicted molar refractivity (Wildman–Crippen MR) is 108 cm³/mol. The van der Waals surface area contributed by atoms with Crippen LogP contribution >= 0.6 is 11.8 Å². The van der Waals surface area contributed by atoms with Crippen LogP contribution in [0.25, 0.3) is 11.3 Å². The lowest BCUT2D eigenvalue weighted by Crippen LogP contribution is -2.17. The summed E-state index contributed by atoms with van der Waals surface area (Å²) in [4.78, 5) is 27.1. The van der Waals surface area contributed by atoms with Crippen molar-refractivity contribution < 1.29 is 4.79 Å². The number of para-hydroxylation sites is 1. The second kappa shape index (κ2) is 8.05. The van der Waals surface area contributed by atoms with Crippen LogP contribution in [0.1, 0.15) is 11.1 Å². The van der Waals surface area contributed by atoms with Gasteiger partial charge in [0.15, 0.2) is 10.9 Å². The molecule has 0 fully saturated rings. The maximum Gasteiger partial charge on any atom is 0.278 e. The van der Waals surface area contributed by atoms with Crippen LogP contribution in [0.3, 0.4) is 0 Å². The van der Waals surface area contributed by atoms with Crippen LogP contribution in [0.15, 0.2) is 52.4 Å². The van der Waals surface area contributed by atoms with Gasteiger partial charge in [0, 0.05) is 16.9 Å². The van der Waals surface area contributed by atoms with Gasteiger partial charge in [-0.2, -0.15) is 0 Å². The number of benzene rings is 2. The summed E-state index contributed by atoms with van der Waals surface area (Å²) in [5.41, 5.74) is 9.48. The molecule has 1 aromatic heterocycles. The molecule has 3 aromatic rings. The van der Waals surface area contributed by atoms with Crippen LogP contribution in [0, 0.1) is 13.8 Å². The van der Waals surface area contributed by atoms with Gasteiger partial charge in [0.25, 0.3) is 5.56 Å². The van der Waals surface area contributed by atoms with Crippen molar-refractivity contribution in [2.75, 3.05) is 16.8 Å². The van der Waals surface area contributed by atoms with Crippen LogP contribution in [0.2, 0.25) is 0 Å². The largest absolute Gasteiger partial charge is 0.398 e. The number of aryl methyl sites for hydroxylation is 2. The van der Waals surface area contributed by atoms with Gasteiger partial charge in [-0.1, -0.05) is 47.7 Å². The highest BCUT2D eigenvalue weighted by molar-refractivity contribution is 7.99. The Morgan fingerprint density at radius 1 is 1.19 bits per heavy atom. The summed E-state index contributed by atoms with van der Waals surface area (Å²) in [6, 6.07) is 12.8. The van der Waals surface area contributed by atoms with E-state index in [1.54, 1.807) is 24.3 Å². The van der Waals surface area contributed by atoms with Crippen molar-refractivity contribution in [1.29, 1.82) is 0 Å². The van der Waals surface area contributed by atoms with Crippen LogP contribution in [-0.2, 0) is 4.79 Å². The van der Waals surface area contributed by atoms with E-state index in [4.69, 9.17) is 5.73 Å². The maximum atomic E-state index is 12.3. The quantitative estimate of drug-likeness (QED) is 0.462. The lowest BCUT2D eigenvalue weighted by Gasteiger charge is -2.09. The molecule has 7 nitrogen and oxygen atoms in total. The van der Waals surface area contributed by atoms with Crippen molar-refractivity contribution in [1.82, 2.24) is 15.2 Å². The second-order valence-electron chi connectivity index (χ2n) is 6.05. The minimum atomic E-state index is -0.403. The maximum absolute atomic E-state index is 12.3. The summed E-state index contributed by atoms with van der Waals surface area (Å²) >= 11 is 1.11. The third kappa shape index (κ3) is 4.53. The first-order valence-electron chi connectivity index (χ1n) is 8.26. The second-order valence-corrected chi connectivity index (χ2v) is 7.01. The monoisotopic (exact) mass is 381 g/mol. The molecule has 1 heterocycles. The highest BCUT2D eigenvalue weighted by atomic mass is 32.2. The summed E-state index contributed by atoms with van der Waals surface area (Å²) < 4.78 is 0. The van der Waals surface area contributed by atoms with E-state index in [9.17, 15) is 9.59 Å². The van der Waals surface area contributed by atoms with Gasteiger partial charge in [0.1, 0.15) is 0 Å². The Labute approximate surface area is 160 Å². The van der Waals surface area contributed by atoms with E-state index in [1.165, 1.54) is 0 Å². The van der Waals surface area contributed by atoms with Crippen LogP contribution in [0.4, 0.5) is 11.4 Å². The van der Waals surface area contributed by atoms with E-state index in [0.717, 1.165) is 28.6 Å². The number of carbonyl (C=O) groups excluding carboxylic acids is 1. The standard InChI is InChI=1S/C19H19N5O2S/c1-11-7-8-15(12(2)9-11)21-16(25)10-27-19-22-18(26)17(23-24-19)13-5-3-4-6-14(13)20/h3-9H,10,20H2,1-2H3,(H,21,25)(H,22,24,26). The molecule has 2 aromatic carbocycles. The number of aromatic amines is 1. The molecule has 0 spiro atoms. The Bertz CT molecular complexity index is 1050. The van der Waals surface area contributed by atoms with Gasteiger partial charge in [0.05, 0.1) is 5.75 Å². The zero-order chi connectivity index (χ0) is 19.4. The number of anilines is 2. The molecular weight excluding hydrogens is 362 g/mol. The van der Waals surface area contributed by atoms with Gasteiger partial charge in [-0.05, 0) is 31.5 Å². The van der Waals surface area contributed by atoms with E-state index in [1.807, 2.05) is 32.0 Å². The van der Waals surface area contributed by atoms with E-state index in [-0.39, 0.29) is 22.5 Å². The molecule has 0 saturated carbocycles. The Morgan fingerprint density at radius 2 is 1.96 bits per heavy atom. The van der Waals surface area contributed by atoms with Gasteiger partial charge < -0.3 is 11.1 Å². The van der Waals surface area contributed by atoms with Gasteiger partial charge in [0.2, 0.25) is 5.91 Å². The molecule has 0 radical (unpaired) electrons. The molecule has 3 rings (SSSR count). The zero-order valence-electron chi connectivity index (χ0n) is 14.9. The van der Waals surface area contributed by atoms with Gasteiger partial charge in [-0.15, -0.1) is 10.2 Å². The smallest absolute Gasteiger partial charge is 0.278 e. The number of rotatable bonds is 5. The van der Waals surface area contributed by atoms with Gasteiger partial charge >= 0.3 is 0 Å². The Balaban J connectivity index is 1.66. The van der Waals surface area contributed by atoms with Gasteiger partial charge in [-0.3, -0.25) is 14.6 Å². The highest BCUT2D eigenvalue weighted by Crippen LogP contribution is 2.21. The van der Waals surface area contributed by atoms with Gasteiger partial charge in [-0.25, -0.2) is 0 Å². The molecule has 138 valence electrons. The van der Waals surface area contributed by atoms with Crippen molar-refractivity contribution in [3.05, 3.63) is 63.9 Å². The van der Waals surface area contributed by atoms with Crippen LogP contribution in [0.5, 0.6) is 0 Å². The summed E-state index contributed by atoms with van der Waals surface area (Å²) in [5, 5.41) is 11.1. The molecule has 0 atom stereocenters. The molecule has 4 N–H and O–H groups in total. The molecule has 1 amide bonds. The minimum absolute atomic E-state index is 0.102. The number of nitrogens with one attached hydrogen (secondary N) is 2. The number of nitrogens with zero attached hydrogens (tertiary/aromatic N) is 2. The number of hydrogen-bond donors (Lipinski definition) is 3. The summed E-state index contributed by atoms with van der Waals surface area (Å²) in [6.07, 6.45) is 0. The van der Waals surface area contributed by atoms with E-state index in [2.05, 4.69) is 20.5 Å². The normalized spacial score (nSPS) is 10.6. The molecule has 8 heteroatoms. The van der Waals surface area contributed by atoms with Crippen LogP contribution in [-0.4, -0.2) is 26.8 Å². The molecule has 0 bridgehead atoms. The van der Waals surface area contributed by atoms with Crippen molar-refractivity contribution >= 4 is 29.0 Å². The van der Waals surface area contributed by atoms with E-state index < -0.39 is 5.56 Å². The molecule has 0 unspecified atom stereocenters. The van der Waals surface area contributed by atoms with Crippen LogP contribution < -0.4 is 16.6 Å². The number of hydrogen-bond acceptors (Lipinski definition) is 6. The molecule has 0 aliphatic carbocycles. The Kier molecular flexibility index (Phi) is 5.56. The first kappa shape index (κ1) is 18.7. The third-order valence-electron chi connectivity index (χ3n) is 3.89. The predicted octanol–water partition coefficient (Wildman–Crippen LogP) is 2.76. The number of thioether (sulfide) groups is 1. The molecule has 0 aliphatic rings. The number of nitrogens with two attached hydrogens (primary N) is 1. The average Bonchev–Trinajstić information content (AvgIpc) is 2.63. The fourth-order valence-electron chi connectivity index (χ4n) is 2.55. The van der Waals surface area contributed by atoms with E-state index >= 15 is 0 Å². The average molecular weight is 381 g/mol. The first-order chi connectivity index (χ1) is 12.9. The van der Waals surface area contributed by atoms with Crippen molar-refractivity contribution in [3.8, 4) is 11.3 Å². The zero-order valence-corrected chi connectivity index (χ0v) is 15.8. The molecule has 27 heavy (non-hydrogen) atoms. The number of aromatic nitrogens is 3. The minimum Gasteiger partial charge on any atom is -0.398 e.